The Labute approximate surface area is 138 Å². The van der Waals surface area contributed by atoms with E-state index in [2.05, 4.69) is 60.7 Å². The maximum Gasteiger partial charge on any atom is 0.357 e. The molecule has 0 N–H and O–H groups in total. The molecule has 0 saturated heterocycles. The van der Waals surface area contributed by atoms with Gasteiger partial charge in [0.15, 0.2) is 7.14 Å². The highest BCUT2D eigenvalue weighted by Gasteiger charge is 2.12. The summed E-state index contributed by atoms with van der Waals surface area (Å²) in [6, 6.07) is 21.4. The number of hydrogen-bond acceptors (Lipinski definition) is 0. The molecule has 0 bridgehead atoms. The Bertz CT molecular complexity index is 317. The van der Waals surface area contributed by atoms with Crippen molar-refractivity contribution in [1.82, 2.24) is 0 Å². The minimum atomic E-state index is 0. The van der Waals surface area contributed by atoms with Gasteiger partial charge in [-0.05, 0) is 24.3 Å². The lowest BCUT2D eigenvalue weighted by Crippen LogP contribution is -3.61. The van der Waals surface area contributed by atoms with Gasteiger partial charge >= 0.3 is 21.2 Å². The van der Waals surface area contributed by atoms with Crippen LogP contribution in [0.5, 0.6) is 0 Å². The van der Waals surface area contributed by atoms with Crippen LogP contribution in [-0.4, -0.2) is 0 Å². The summed E-state index contributed by atoms with van der Waals surface area (Å²) in [6.07, 6.45) is 0. The molecule has 0 aliphatic rings. The number of benzene rings is 2. The van der Waals surface area contributed by atoms with Gasteiger partial charge in [0.1, 0.15) is 0 Å². The van der Waals surface area contributed by atoms with E-state index in [0.717, 1.165) is 0 Å². The molecule has 1 heteroatoms. The highest BCUT2D eigenvalue weighted by atomic mass is 127. The van der Waals surface area contributed by atoms with Crippen molar-refractivity contribution in [3.63, 3.8) is 0 Å². The Kier molecular flexibility index (Phi) is 28.2. The molecule has 0 unspecified atom stereocenters. The van der Waals surface area contributed by atoms with Crippen molar-refractivity contribution in [3.8, 4) is 0 Å². The van der Waals surface area contributed by atoms with Crippen molar-refractivity contribution >= 4 is 0 Å². The number of hydrogen-bond donors (Lipinski definition) is 0. The second-order valence-electron chi connectivity index (χ2n) is 2.69. The van der Waals surface area contributed by atoms with E-state index in [1.54, 1.807) is 0 Å². The monoisotopic (exact) mass is 389 g/mol. The van der Waals surface area contributed by atoms with Gasteiger partial charge in [0.05, 0.1) is 0 Å². The first kappa shape index (κ1) is 27.5. The van der Waals surface area contributed by atoms with E-state index in [1.165, 1.54) is 7.14 Å². The van der Waals surface area contributed by atoms with E-state index < -0.39 is 0 Å². The SMILES string of the molecule is C.C.C.CC.CC.c1ccc([I+]c2ccccc2)cc1. The molecule has 20 heavy (non-hydrogen) atoms. The van der Waals surface area contributed by atoms with Crippen LogP contribution >= 0.6 is 0 Å². The zero-order valence-corrected chi connectivity index (χ0v) is 13.3. The summed E-state index contributed by atoms with van der Waals surface area (Å²) in [5, 5.41) is 0. The molecular formula is C19H34I+. The molecule has 2 aromatic rings. The summed E-state index contributed by atoms with van der Waals surface area (Å²) in [6.45, 7) is 8.00. The first-order valence-electron chi connectivity index (χ1n) is 6.20. The van der Waals surface area contributed by atoms with E-state index in [9.17, 15) is 0 Å². The first-order valence-corrected chi connectivity index (χ1v) is 8.36. The van der Waals surface area contributed by atoms with Crippen LogP contribution in [0.15, 0.2) is 60.7 Å². The second kappa shape index (κ2) is 20.5. The van der Waals surface area contributed by atoms with Gasteiger partial charge in [-0.3, -0.25) is 0 Å². The molecule has 0 aliphatic carbocycles. The van der Waals surface area contributed by atoms with Gasteiger partial charge in [-0.15, -0.1) is 0 Å². The lowest BCUT2D eigenvalue weighted by atomic mass is 10.4. The Morgan fingerprint density at radius 3 is 1.00 bits per heavy atom. The standard InChI is InChI=1S/C12H10I.2C2H6.3CH4/c1-3-7-11(8-4-1)13-12-9-5-2-6-10-12;2*1-2;;;/h1-10H;2*1-2H3;3*1H4/q+1;;;;;. The number of halogens is 1. The Morgan fingerprint density at radius 1 is 0.500 bits per heavy atom. The molecule has 0 radical (unpaired) electrons. The molecule has 116 valence electrons. The van der Waals surface area contributed by atoms with Crippen molar-refractivity contribution in [3.05, 3.63) is 67.8 Å². The molecule has 0 aliphatic heterocycles. The lowest BCUT2D eigenvalue weighted by Gasteiger charge is -1.84. The fraction of sp³-hybridized carbons (Fsp3) is 0.368. The molecule has 2 aromatic carbocycles. The third kappa shape index (κ3) is 12.2. The minimum Gasteiger partial charge on any atom is -0.0776 e. The molecule has 0 fully saturated rings. The van der Waals surface area contributed by atoms with Crippen LogP contribution in [0.1, 0.15) is 50.0 Å². The maximum absolute atomic E-state index is 2.21. The Morgan fingerprint density at radius 2 is 0.750 bits per heavy atom. The predicted octanol–water partition coefficient (Wildman–Crippen LogP) is 3.78. The van der Waals surface area contributed by atoms with Gasteiger partial charge in [0, 0.05) is 0 Å². The summed E-state index contributed by atoms with van der Waals surface area (Å²) in [5.41, 5.74) is 0. The van der Waals surface area contributed by atoms with E-state index in [-0.39, 0.29) is 43.5 Å². The average molecular weight is 389 g/mol. The summed E-state index contributed by atoms with van der Waals surface area (Å²) < 4.78 is 2.96. The highest BCUT2D eigenvalue weighted by Crippen LogP contribution is 1.85. The van der Waals surface area contributed by atoms with Gasteiger partial charge in [0.25, 0.3) is 0 Å². The third-order valence-corrected chi connectivity index (χ3v) is 4.37. The Balaban J connectivity index is -0.000000169. The maximum atomic E-state index is 2.21. The van der Waals surface area contributed by atoms with Gasteiger partial charge < -0.3 is 0 Å². The van der Waals surface area contributed by atoms with Crippen molar-refractivity contribution in [2.24, 2.45) is 0 Å². The molecule has 2 rings (SSSR count). The van der Waals surface area contributed by atoms with Crippen molar-refractivity contribution in [1.29, 1.82) is 0 Å². The molecule has 0 amide bonds. The third-order valence-electron chi connectivity index (χ3n) is 1.68. The van der Waals surface area contributed by atoms with Gasteiger partial charge in [-0.1, -0.05) is 86.4 Å². The van der Waals surface area contributed by atoms with Crippen LogP contribution in [0, 0.1) is 7.14 Å². The van der Waals surface area contributed by atoms with Crippen LogP contribution in [0.3, 0.4) is 0 Å². The predicted molar refractivity (Wildman–Crippen MR) is 93.2 cm³/mol. The van der Waals surface area contributed by atoms with Crippen molar-refractivity contribution in [2.45, 2.75) is 50.0 Å². The molecular weight excluding hydrogens is 355 g/mol. The van der Waals surface area contributed by atoms with Crippen molar-refractivity contribution < 1.29 is 21.2 Å². The molecule has 0 atom stereocenters. The molecule has 0 heterocycles. The normalized spacial score (nSPS) is 7.00. The molecule has 0 saturated carbocycles. The van der Waals surface area contributed by atoms with Crippen LogP contribution in [0.4, 0.5) is 0 Å². The molecule has 0 aromatic heterocycles. The summed E-state index contributed by atoms with van der Waals surface area (Å²) in [5.74, 6) is 0. The zero-order chi connectivity index (χ0) is 12.9. The average Bonchev–Trinajstić information content (AvgIpc) is 2.45. The number of rotatable bonds is 2. The van der Waals surface area contributed by atoms with Crippen LogP contribution in [-0.2, 0) is 0 Å². The minimum absolute atomic E-state index is 0. The topological polar surface area (TPSA) is 0 Å². The second-order valence-corrected chi connectivity index (χ2v) is 5.72. The van der Waals surface area contributed by atoms with Gasteiger partial charge in [-0.2, -0.15) is 0 Å². The van der Waals surface area contributed by atoms with Crippen LogP contribution in [0.2, 0.25) is 0 Å². The molecule has 0 nitrogen and oxygen atoms in total. The lowest BCUT2D eigenvalue weighted by molar-refractivity contribution is -0.597. The first-order chi connectivity index (χ1) is 8.45. The fourth-order valence-corrected chi connectivity index (χ4v) is 3.35. The van der Waals surface area contributed by atoms with E-state index >= 15 is 0 Å². The van der Waals surface area contributed by atoms with Crippen molar-refractivity contribution in [2.75, 3.05) is 0 Å². The molecule has 0 spiro atoms. The smallest absolute Gasteiger partial charge is 0.0776 e. The zero-order valence-electron chi connectivity index (χ0n) is 11.2. The summed E-state index contributed by atoms with van der Waals surface area (Å²) in [7, 11) is 0. The van der Waals surface area contributed by atoms with E-state index in [0.29, 0.717) is 0 Å². The van der Waals surface area contributed by atoms with E-state index in [4.69, 9.17) is 0 Å². The quantitative estimate of drug-likeness (QED) is 0.686. The van der Waals surface area contributed by atoms with Crippen LogP contribution < -0.4 is 21.2 Å². The largest absolute Gasteiger partial charge is 0.357 e. The summed E-state index contributed by atoms with van der Waals surface area (Å²) >= 11 is 0.0287. The summed E-state index contributed by atoms with van der Waals surface area (Å²) in [4.78, 5) is 0. The van der Waals surface area contributed by atoms with Gasteiger partial charge in [0.2, 0.25) is 0 Å². The van der Waals surface area contributed by atoms with Gasteiger partial charge in [-0.25, -0.2) is 0 Å². The fourth-order valence-electron chi connectivity index (χ4n) is 1.08. The van der Waals surface area contributed by atoms with Crippen LogP contribution in [0.25, 0.3) is 0 Å². The highest BCUT2D eigenvalue weighted by molar-refractivity contribution is 5.02. The Hall–Kier alpha value is -0.830. The van der Waals surface area contributed by atoms with E-state index in [1.807, 2.05) is 27.7 Å².